The number of thiophene rings is 1. The summed E-state index contributed by atoms with van der Waals surface area (Å²) in [5.74, 6) is 0. The van der Waals surface area contributed by atoms with E-state index in [4.69, 9.17) is 0 Å². The number of sulfonamides is 1. The first-order chi connectivity index (χ1) is 9.45. The van der Waals surface area contributed by atoms with E-state index in [1.165, 1.54) is 24.2 Å². The Morgan fingerprint density at radius 3 is 2.45 bits per heavy atom. The highest BCUT2D eigenvalue weighted by Gasteiger charge is 2.33. The van der Waals surface area contributed by atoms with Crippen LogP contribution in [-0.2, 0) is 10.0 Å². The van der Waals surface area contributed by atoms with Gasteiger partial charge in [-0.05, 0) is 73.3 Å². The second-order valence-electron chi connectivity index (χ2n) is 5.68. The van der Waals surface area contributed by atoms with E-state index in [0.717, 1.165) is 41.3 Å². The lowest BCUT2D eigenvalue weighted by atomic mass is 10.1. The highest BCUT2D eigenvalue weighted by molar-refractivity contribution is 9.11. The van der Waals surface area contributed by atoms with Gasteiger partial charge >= 0.3 is 0 Å². The van der Waals surface area contributed by atoms with Crippen molar-refractivity contribution in [3.05, 3.63) is 15.4 Å². The summed E-state index contributed by atoms with van der Waals surface area (Å²) >= 11 is 4.67. The maximum atomic E-state index is 12.4. The molecule has 1 aliphatic heterocycles. The summed E-state index contributed by atoms with van der Waals surface area (Å²) in [5, 5.41) is 0. The van der Waals surface area contributed by atoms with Gasteiger partial charge in [-0.1, -0.05) is 0 Å². The normalized spacial score (nSPS) is 22.3. The smallest absolute Gasteiger partial charge is 0.250 e. The number of hydrogen-bond acceptors (Lipinski definition) is 4. The van der Waals surface area contributed by atoms with Crippen LogP contribution in [0.15, 0.2) is 14.1 Å². The molecule has 20 heavy (non-hydrogen) atoms. The van der Waals surface area contributed by atoms with Crippen molar-refractivity contribution in [3.63, 3.8) is 0 Å². The lowest BCUT2D eigenvalue weighted by Gasteiger charge is -2.32. The third-order valence-electron chi connectivity index (χ3n) is 4.01. The number of likely N-dealkylation sites (tertiary alicyclic amines) is 1. The fraction of sp³-hybridized carbons (Fsp3) is 0.692. The minimum Gasteiger partial charge on any atom is -0.300 e. The predicted molar refractivity (Wildman–Crippen MR) is 84.7 cm³/mol. The molecule has 7 heteroatoms. The van der Waals surface area contributed by atoms with Gasteiger partial charge in [0.1, 0.15) is 4.21 Å². The van der Waals surface area contributed by atoms with E-state index in [1.54, 1.807) is 6.07 Å². The molecular formula is C13H19BrN2O2S2. The number of nitrogens with zero attached hydrogens (tertiary/aromatic N) is 1. The first-order valence-corrected chi connectivity index (χ1v) is 10.1. The van der Waals surface area contributed by atoms with Crippen LogP contribution in [0.2, 0.25) is 0 Å². The average Bonchev–Trinajstić information content (AvgIpc) is 3.17. The summed E-state index contributed by atoms with van der Waals surface area (Å²) in [6.07, 6.45) is 4.47. The Bertz CT molecular complexity index is 568. The molecule has 0 spiro atoms. The molecule has 0 unspecified atom stereocenters. The largest absolute Gasteiger partial charge is 0.300 e. The second kappa shape index (κ2) is 5.68. The zero-order valence-electron chi connectivity index (χ0n) is 11.4. The van der Waals surface area contributed by atoms with Crippen LogP contribution in [0.5, 0.6) is 0 Å². The number of aryl methyl sites for hydroxylation is 1. The lowest BCUT2D eigenvalue weighted by Crippen LogP contribution is -2.45. The highest BCUT2D eigenvalue weighted by atomic mass is 79.9. The summed E-state index contributed by atoms with van der Waals surface area (Å²) in [4.78, 5) is 2.50. The van der Waals surface area contributed by atoms with Gasteiger partial charge in [-0.2, -0.15) is 0 Å². The summed E-state index contributed by atoms with van der Waals surface area (Å²) in [7, 11) is -3.36. The number of nitrogens with one attached hydrogen (secondary N) is 1. The quantitative estimate of drug-likeness (QED) is 0.875. The van der Waals surface area contributed by atoms with Gasteiger partial charge in [0.25, 0.3) is 0 Å². The number of rotatable bonds is 4. The number of piperidine rings is 1. The standard InChI is InChI=1S/C13H19BrN2O2S2/c1-9-8-12(19-13(9)14)20(17,18)15-10-4-6-16(7-5-10)11-2-3-11/h8,10-11,15H,2-7H2,1H3. The van der Waals surface area contributed by atoms with Crippen LogP contribution in [0.25, 0.3) is 0 Å². The van der Waals surface area contributed by atoms with Gasteiger partial charge in [0.15, 0.2) is 0 Å². The minimum atomic E-state index is -3.36. The first kappa shape index (κ1) is 15.0. The Morgan fingerprint density at radius 2 is 1.95 bits per heavy atom. The molecular weight excluding hydrogens is 360 g/mol. The maximum absolute atomic E-state index is 12.4. The molecule has 0 bridgehead atoms. The fourth-order valence-corrected chi connectivity index (χ4v) is 6.21. The van der Waals surface area contributed by atoms with Crippen molar-refractivity contribution in [1.29, 1.82) is 0 Å². The van der Waals surface area contributed by atoms with Crippen molar-refractivity contribution in [1.82, 2.24) is 9.62 Å². The Morgan fingerprint density at radius 1 is 1.30 bits per heavy atom. The molecule has 1 aromatic rings. The van der Waals surface area contributed by atoms with Crippen molar-refractivity contribution in [2.45, 2.75) is 48.9 Å². The fourth-order valence-electron chi connectivity index (χ4n) is 2.66. The van der Waals surface area contributed by atoms with Crippen LogP contribution in [0.4, 0.5) is 0 Å². The molecule has 1 aromatic heterocycles. The monoisotopic (exact) mass is 378 g/mol. The summed E-state index contributed by atoms with van der Waals surface area (Å²) < 4.78 is 28.9. The van der Waals surface area contributed by atoms with E-state index in [9.17, 15) is 8.42 Å². The van der Waals surface area contributed by atoms with E-state index in [-0.39, 0.29) is 6.04 Å². The molecule has 1 N–H and O–H groups in total. The molecule has 2 aliphatic rings. The zero-order chi connectivity index (χ0) is 14.3. The Hall–Kier alpha value is 0.0500. The molecule has 2 fully saturated rings. The van der Waals surface area contributed by atoms with Gasteiger partial charge in [0.05, 0.1) is 3.79 Å². The van der Waals surface area contributed by atoms with Crippen molar-refractivity contribution in [3.8, 4) is 0 Å². The Kier molecular flexibility index (Phi) is 4.25. The molecule has 0 aromatic carbocycles. The van der Waals surface area contributed by atoms with Gasteiger partial charge < -0.3 is 4.90 Å². The Balaban J connectivity index is 1.62. The van der Waals surface area contributed by atoms with E-state index < -0.39 is 10.0 Å². The molecule has 1 saturated carbocycles. The van der Waals surface area contributed by atoms with Crippen LogP contribution >= 0.6 is 27.3 Å². The van der Waals surface area contributed by atoms with Crippen LogP contribution in [-0.4, -0.2) is 38.5 Å². The van der Waals surface area contributed by atoms with Gasteiger partial charge in [0, 0.05) is 12.1 Å². The van der Waals surface area contributed by atoms with Gasteiger partial charge in [-0.15, -0.1) is 11.3 Å². The van der Waals surface area contributed by atoms with Crippen molar-refractivity contribution >= 4 is 37.3 Å². The van der Waals surface area contributed by atoms with Crippen LogP contribution < -0.4 is 4.72 Å². The van der Waals surface area contributed by atoms with Crippen molar-refractivity contribution < 1.29 is 8.42 Å². The predicted octanol–water partition coefficient (Wildman–Crippen LogP) is 2.72. The lowest BCUT2D eigenvalue weighted by molar-refractivity contribution is 0.199. The van der Waals surface area contributed by atoms with E-state index >= 15 is 0 Å². The molecule has 112 valence electrons. The van der Waals surface area contributed by atoms with Crippen LogP contribution in [0.1, 0.15) is 31.2 Å². The molecule has 0 atom stereocenters. The van der Waals surface area contributed by atoms with Gasteiger partial charge in [0.2, 0.25) is 10.0 Å². The third-order valence-corrected chi connectivity index (χ3v) is 8.14. The first-order valence-electron chi connectivity index (χ1n) is 6.98. The van der Waals surface area contributed by atoms with E-state index in [0.29, 0.717) is 4.21 Å². The van der Waals surface area contributed by atoms with E-state index in [1.807, 2.05) is 6.92 Å². The topological polar surface area (TPSA) is 49.4 Å². The zero-order valence-corrected chi connectivity index (χ0v) is 14.7. The molecule has 0 radical (unpaired) electrons. The molecule has 1 aliphatic carbocycles. The number of hydrogen-bond donors (Lipinski definition) is 1. The molecule has 1 saturated heterocycles. The van der Waals surface area contributed by atoms with Crippen LogP contribution in [0, 0.1) is 6.92 Å². The van der Waals surface area contributed by atoms with Gasteiger partial charge in [-0.25, -0.2) is 13.1 Å². The average molecular weight is 379 g/mol. The SMILES string of the molecule is Cc1cc(S(=O)(=O)NC2CCN(C3CC3)CC2)sc1Br. The second-order valence-corrected chi connectivity index (χ2v) is 10.00. The molecule has 0 amide bonds. The molecule has 3 rings (SSSR count). The number of halogens is 1. The third kappa shape index (κ3) is 3.27. The minimum absolute atomic E-state index is 0.0798. The van der Waals surface area contributed by atoms with Crippen molar-refractivity contribution in [2.24, 2.45) is 0 Å². The summed E-state index contributed by atoms with van der Waals surface area (Å²) in [6.45, 7) is 3.95. The molecule has 4 nitrogen and oxygen atoms in total. The summed E-state index contributed by atoms with van der Waals surface area (Å²) in [5.41, 5.74) is 0.971. The highest BCUT2D eigenvalue weighted by Crippen LogP contribution is 2.32. The summed E-state index contributed by atoms with van der Waals surface area (Å²) in [6, 6.07) is 2.59. The van der Waals surface area contributed by atoms with Gasteiger partial charge in [-0.3, -0.25) is 0 Å². The maximum Gasteiger partial charge on any atom is 0.250 e. The van der Waals surface area contributed by atoms with Crippen molar-refractivity contribution in [2.75, 3.05) is 13.1 Å². The molecule has 2 heterocycles. The Labute approximate surface area is 132 Å². The van der Waals surface area contributed by atoms with E-state index in [2.05, 4.69) is 25.6 Å². The van der Waals surface area contributed by atoms with Crippen LogP contribution in [0.3, 0.4) is 0 Å².